The summed E-state index contributed by atoms with van der Waals surface area (Å²) in [7, 11) is 10.7. The van der Waals surface area contributed by atoms with Gasteiger partial charge in [-0.25, -0.2) is 9.97 Å². The fourth-order valence-electron chi connectivity index (χ4n) is 11.3. The van der Waals surface area contributed by atoms with E-state index >= 15 is 0 Å². The lowest BCUT2D eigenvalue weighted by atomic mass is 9.85. The zero-order valence-corrected chi connectivity index (χ0v) is 60.7. The number of hydrogen-bond donors (Lipinski definition) is 0. The van der Waals surface area contributed by atoms with Gasteiger partial charge in [0, 0.05) is 150 Å². The highest BCUT2D eigenvalue weighted by Gasteiger charge is 2.25. The van der Waals surface area contributed by atoms with Gasteiger partial charge in [0.2, 0.25) is 0 Å². The van der Waals surface area contributed by atoms with Crippen LogP contribution in [0.15, 0.2) is 176 Å². The van der Waals surface area contributed by atoms with Crippen LogP contribution < -0.4 is 33.4 Å². The molecule has 0 saturated carbocycles. The third kappa shape index (κ3) is 16.4. The van der Waals surface area contributed by atoms with Gasteiger partial charge in [0.15, 0.2) is 0 Å². The second-order valence-electron chi connectivity index (χ2n) is 30.7. The maximum Gasteiger partial charge on any atom is 0.276 e. The van der Waals surface area contributed by atoms with Gasteiger partial charge in [-0.15, -0.1) is 0 Å². The van der Waals surface area contributed by atoms with Crippen LogP contribution in [0.3, 0.4) is 0 Å². The standard InChI is InChI=1S/C14H17NO.4C13H16N2O.C12H15N3O/c1-14(2,3)12-9-15(4)13(16)11-8-6-5-7-10(11)12;1-13(2,3)11-8-15(4)12(16)9-5-6-14-7-10(9)11;1-13(2,3)11-8-15(4)12(16)10-7-14-6-5-9(10)11;1-13(2,3)10-8-15(4)12(16)9-6-5-7-14-11(9)10;1-13(2,3)10-8-15(4)12(16)11-9(10)6-5-7-14-11;1-12(2,3)9-6-15(4)11(16)8-5-13-7-14-10(8)9/h5-9H,1-4H3;4*5-8H,1-4H3;5-7H,1-4H3. The van der Waals surface area contributed by atoms with Crippen molar-refractivity contribution in [2.75, 3.05) is 0 Å². The van der Waals surface area contributed by atoms with E-state index in [1.54, 1.807) is 118 Å². The summed E-state index contributed by atoms with van der Waals surface area (Å²) in [5.74, 6) is 0. The lowest BCUT2D eigenvalue weighted by molar-refractivity contribution is 0.585. The molecule has 0 N–H and O–H groups in total. The quantitative estimate of drug-likeness (QED) is 0.139. The Bertz CT molecular complexity index is 4390. The predicted molar refractivity (Wildman–Crippen MR) is 394 cm³/mol. The number of fused-ring (bicyclic) bond motifs is 6. The minimum absolute atomic E-state index is 0.00669. The first-order valence-corrected chi connectivity index (χ1v) is 32.1. The molecule has 0 atom stereocenters. The van der Waals surface area contributed by atoms with E-state index < -0.39 is 0 Å². The van der Waals surface area contributed by atoms with Crippen molar-refractivity contribution < 1.29 is 0 Å². The third-order valence-corrected chi connectivity index (χ3v) is 16.6. The number of hydrogen-bond acceptors (Lipinski definition) is 12. The van der Waals surface area contributed by atoms with Crippen LogP contribution in [0.25, 0.3) is 65.0 Å². The summed E-state index contributed by atoms with van der Waals surface area (Å²) in [4.78, 5) is 96.4. The number of rotatable bonds is 0. The normalized spacial score (nSPS) is 12.0. The van der Waals surface area contributed by atoms with Crippen LogP contribution in [0.2, 0.25) is 0 Å². The van der Waals surface area contributed by atoms with Crippen LogP contribution >= 0.6 is 0 Å². The van der Waals surface area contributed by atoms with Crippen molar-refractivity contribution in [1.29, 1.82) is 0 Å². The SMILES string of the molecule is Cn1cc(C(C)(C)C)c2ccccc2c1=O.Cn1cc(C(C)(C)C)c2cccnc2c1=O.Cn1cc(C(C)(C)C)c2ccncc2c1=O.Cn1cc(C(C)(C)C)c2cnccc2c1=O.Cn1cc(C(C)(C)C)c2ncccc2c1=O.Cn1cc(C(C)(C)C)c2ncncc2c1=O. The molecule has 11 aromatic heterocycles. The van der Waals surface area contributed by atoms with Gasteiger partial charge in [-0.1, -0.05) is 149 Å². The Labute approximate surface area is 562 Å². The molecule has 0 aliphatic rings. The van der Waals surface area contributed by atoms with Crippen LogP contribution in [0.1, 0.15) is 158 Å². The van der Waals surface area contributed by atoms with Crippen molar-refractivity contribution in [3.8, 4) is 0 Å². The van der Waals surface area contributed by atoms with Crippen LogP contribution in [-0.4, -0.2) is 57.3 Å². The molecule has 0 aliphatic heterocycles. The van der Waals surface area contributed by atoms with E-state index in [-0.39, 0.29) is 65.8 Å². The van der Waals surface area contributed by atoms with Crippen molar-refractivity contribution in [2.24, 2.45) is 42.3 Å². The van der Waals surface area contributed by atoms with E-state index in [0.29, 0.717) is 21.7 Å². The molecule has 0 saturated heterocycles. The summed E-state index contributed by atoms with van der Waals surface area (Å²) in [6, 6.07) is 19.0. The minimum atomic E-state index is -0.0522. The summed E-state index contributed by atoms with van der Waals surface area (Å²) in [6.45, 7) is 38.5. The lowest BCUT2D eigenvalue weighted by Gasteiger charge is -2.22. The van der Waals surface area contributed by atoms with Crippen LogP contribution in [0.5, 0.6) is 0 Å². The number of pyridine rings is 10. The predicted octanol–water partition coefficient (Wildman–Crippen LogP) is 13.4. The highest BCUT2D eigenvalue weighted by Crippen LogP contribution is 2.32. The van der Waals surface area contributed by atoms with Gasteiger partial charge in [-0.05, 0) is 102 Å². The fraction of sp³-hybridized carbons (Fsp3) is 0.385. The first-order valence-electron chi connectivity index (χ1n) is 32.1. The average molecular weight is 1300 g/mol. The zero-order chi connectivity index (χ0) is 71.5. The van der Waals surface area contributed by atoms with Crippen molar-refractivity contribution in [3.63, 3.8) is 0 Å². The number of aryl methyl sites for hydroxylation is 6. The molecule has 504 valence electrons. The Morgan fingerprint density at radius 2 is 0.542 bits per heavy atom. The summed E-state index contributed by atoms with van der Waals surface area (Å²) < 4.78 is 9.77. The van der Waals surface area contributed by atoms with Crippen molar-refractivity contribution >= 4 is 65.0 Å². The molecule has 12 aromatic rings. The lowest BCUT2D eigenvalue weighted by Crippen LogP contribution is -2.22. The average Bonchev–Trinajstić information content (AvgIpc) is 0.827. The summed E-state index contributed by atoms with van der Waals surface area (Å²) in [5.41, 5.74) is 9.03. The molecular weight excluding hydrogens is 1200 g/mol. The maximum atomic E-state index is 12.0. The second-order valence-corrected chi connectivity index (χ2v) is 30.7. The van der Waals surface area contributed by atoms with Gasteiger partial charge in [0.25, 0.3) is 33.4 Å². The first kappa shape index (κ1) is 73.6. The molecule has 0 radical (unpaired) electrons. The van der Waals surface area contributed by atoms with E-state index in [4.69, 9.17) is 0 Å². The first-order chi connectivity index (χ1) is 44.5. The van der Waals surface area contributed by atoms with E-state index in [2.05, 4.69) is 155 Å². The largest absolute Gasteiger partial charge is 0.318 e. The Balaban J connectivity index is 0.000000163. The van der Waals surface area contributed by atoms with Gasteiger partial charge in [0.05, 0.1) is 32.6 Å². The van der Waals surface area contributed by atoms with Crippen molar-refractivity contribution in [3.05, 3.63) is 243 Å². The van der Waals surface area contributed by atoms with Gasteiger partial charge >= 0.3 is 0 Å². The molecule has 12 rings (SSSR count). The molecule has 0 bridgehead atoms. The molecule has 0 unspecified atom stereocenters. The molecule has 18 heteroatoms. The zero-order valence-electron chi connectivity index (χ0n) is 60.7. The molecule has 96 heavy (non-hydrogen) atoms. The Morgan fingerprint density at radius 3 is 1.00 bits per heavy atom. The van der Waals surface area contributed by atoms with Crippen LogP contribution in [-0.2, 0) is 74.8 Å². The minimum Gasteiger partial charge on any atom is -0.318 e. The number of aromatic nitrogens is 12. The van der Waals surface area contributed by atoms with E-state index in [1.165, 1.54) is 17.5 Å². The third-order valence-electron chi connectivity index (χ3n) is 16.6. The van der Waals surface area contributed by atoms with Crippen molar-refractivity contribution in [2.45, 2.75) is 157 Å². The molecule has 1 aromatic carbocycles. The molecule has 0 amide bonds. The van der Waals surface area contributed by atoms with Crippen LogP contribution in [0.4, 0.5) is 0 Å². The smallest absolute Gasteiger partial charge is 0.276 e. The van der Waals surface area contributed by atoms with Gasteiger partial charge in [-0.2, -0.15) is 0 Å². The number of nitrogens with zero attached hydrogens (tertiary/aromatic N) is 12. The molecular formula is C78H96N12O6. The highest BCUT2D eigenvalue weighted by molar-refractivity contribution is 5.87. The Hall–Kier alpha value is -9.84. The van der Waals surface area contributed by atoms with Gasteiger partial charge < -0.3 is 27.4 Å². The second kappa shape index (κ2) is 28.2. The van der Waals surface area contributed by atoms with Gasteiger partial charge in [0.1, 0.15) is 11.8 Å². The van der Waals surface area contributed by atoms with E-state index in [0.717, 1.165) is 65.6 Å². The molecule has 0 fully saturated rings. The fourth-order valence-corrected chi connectivity index (χ4v) is 11.3. The van der Waals surface area contributed by atoms with E-state index in [9.17, 15) is 28.8 Å². The molecule has 11 heterocycles. The highest BCUT2D eigenvalue weighted by atomic mass is 16.1. The van der Waals surface area contributed by atoms with Crippen LogP contribution in [0, 0.1) is 0 Å². The number of benzene rings is 1. The molecule has 0 spiro atoms. The Kier molecular flexibility index (Phi) is 21.6. The summed E-state index contributed by atoms with van der Waals surface area (Å²) in [6.07, 6.45) is 24.7. The van der Waals surface area contributed by atoms with E-state index in [1.807, 2.05) is 92.8 Å². The summed E-state index contributed by atoms with van der Waals surface area (Å²) >= 11 is 0. The Morgan fingerprint density at radius 1 is 0.250 bits per heavy atom. The molecule has 0 aliphatic carbocycles. The monoisotopic (exact) mass is 1300 g/mol. The van der Waals surface area contributed by atoms with Crippen molar-refractivity contribution in [1.82, 2.24) is 57.3 Å². The molecule has 18 nitrogen and oxygen atoms in total. The van der Waals surface area contributed by atoms with Gasteiger partial charge in [-0.3, -0.25) is 48.7 Å². The summed E-state index contributed by atoms with van der Waals surface area (Å²) in [5, 5.41) is 7.49. The topological polar surface area (TPSA) is 209 Å². The maximum absolute atomic E-state index is 12.0.